The van der Waals surface area contributed by atoms with Crippen LogP contribution in [0.4, 0.5) is 14.9 Å². The zero-order valence-corrected chi connectivity index (χ0v) is 22.2. The summed E-state index contributed by atoms with van der Waals surface area (Å²) in [6, 6.07) is 13.6. The number of urea groups is 1. The number of aliphatic hydroxyl groups is 1. The summed E-state index contributed by atoms with van der Waals surface area (Å²) in [6.45, 7) is 3.16. The van der Waals surface area contributed by atoms with Gasteiger partial charge >= 0.3 is 6.03 Å². The number of benzene rings is 2. The fourth-order valence-corrected chi connectivity index (χ4v) is 5.09. The number of carbonyl (C=O) groups is 1. The molecule has 204 valence electrons. The van der Waals surface area contributed by atoms with Crippen molar-refractivity contribution in [3.05, 3.63) is 59.9 Å². The van der Waals surface area contributed by atoms with E-state index in [4.69, 9.17) is 0 Å². The zero-order valence-electron chi connectivity index (χ0n) is 22.2. The Morgan fingerprint density at radius 1 is 1.18 bits per heavy atom. The van der Waals surface area contributed by atoms with Crippen LogP contribution < -0.4 is 10.6 Å². The molecule has 2 aromatic carbocycles. The van der Waals surface area contributed by atoms with Crippen LogP contribution in [0.3, 0.4) is 0 Å². The van der Waals surface area contributed by atoms with Crippen molar-refractivity contribution in [1.82, 2.24) is 30.4 Å². The molecular formula is C28H38FN7O2. The Morgan fingerprint density at radius 2 is 1.95 bits per heavy atom. The van der Waals surface area contributed by atoms with E-state index in [1.54, 1.807) is 23.9 Å². The molecule has 3 aromatic rings. The molecule has 1 fully saturated rings. The highest BCUT2D eigenvalue weighted by molar-refractivity contribution is 5.90. The van der Waals surface area contributed by atoms with Crippen LogP contribution in [-0.4, -0.2) is 67.5 Å². The monoisotopic (exact) mass is 523 g/mol. The average molecular weight is 524 g/mol. The van der Waals surface area contributed by atoms with Crippen LogP contribution in [0.25, 0.3) is 11.4 Å². The first-order valence-electron chi connectivity index (χ1n) is 13.5. The summed E-state index contributed by atoms with van der Waals surface area (Å²) in [6.07, 6.45) is 6.99. The van der Waals surface area contributed by atoms with Crippen molar-refractivity contribution in [1.29, 1.82) is 0 Å². The Labute approximate surface area is 223 Å². The second-order valence-corrected chi connectivity index (χ2v) is 10.2. The fraction of sp³-hybridized carbons (Fsp3) is 0.500. The maximum atomic E-state index is 13.2. The van der Waals surface area contributed by atoms with Gasteiger partial charge in [-0.25, -0.2) is 13.9 Å². The molecule has 2 unspecified atom stereocenters. The third-order valence-electron chi connectivity index (χ3n) is 7.27. The van der Waals surface area contributed by atoms with Crippen molar-refractivity contribution in [2.75, 3.05) is 18.4 Å². The van der Waals surface area contributed by atoms with E-state index < -0.39 is 12.1 Å². The minimum atomic E-state index is -0.718. The van der Waals surface area contributed by atoms with Crippen molar-refractivity contribution >= 4 is 11.7 Å². The van der Waals surface area contributed by atoms with E-state index in [9.17, 15) is 14.3 Å². The molecule has 1 saturated carbocycles. The lowest BCUT2D eigenvalue weighted by molar-refractivity contribution is 0.0558. The number of rotatable bonds is 11. The lowest BCUT2D eigenvalue weighted by Crippen LogP contribution is -2.50. The van der Waals surface area contributed by atoms with Gasteiger partial charge in [-0.3, -0.25) is 4.90 Å². The van der Waals surface area contributed by atoms with Gasteiger partial charge in [-0.2, -0.15) is 0 Å². The first-order valence-corrected chi connectivity index (χ1v) is 13.5. The molecule has 4 rings (SSSR count). The van der Waals surface area contributed by atoms with E-state index in [1.807, 2.05) is 31.2 Å². The molecule has 0 saturated heterocycles. The molecule has 2 amide bonds. The summed E-state index contributed by atoms with van der Waals surface area (Å²) in [5, 5.41) is 28.3. The summed E-state index contributed by atoms with van der Waals surface area (Å²) in [5.74, 6) is 0.377. The number of aryl methyl sites for hydroxylation is 2. The number of hydrogen-bond acceptors (Lipinski definition) is 6. The summed E-state index contributed by atoms with van der Waals surface area (Å²) < 4.78 is 14.8. The number of halogens is 1. The molecule has 1 aliphatic rings. The lowest BCUT2D eigenvalue weighted by atomic mass is 9.93. The Bertz CT molecular complexity index is 1160. The van der Waals surface area contributed by atoms with E-state index >= 15 is 0 Å². The standard InChI is InChI=1S/C28H38FN7O2/c1-20(30-28(38)31-24-10-6-9-22(18-24)27-32-33-34-35(27)2)26(37)19-36(25-11-4-3-5-12-25)17-7-8-21-13-15-23(29)16-14-21/h6,9-10,13-16,18,20,25-26,37H,3-5,7-8,11-12,17,19H2,1-2H3,(H2,30,31,38). The molecule has 1 aliphatic carbocycles. The number of aliphatic hydroxyl groups excluding tert-OH is 1. The third kappa shape index (κ3) is 7.82. The highest BCUT2D eigenvalue weighted by atomic mass is 19.1. The van der Waals surface area contributed by atoms with Gasteiger partial charge in [-0.05, 0) is 79.4 Å². The minimum absolute atomic E-state index is 0.221. The zero-order chi connectivity index (χ0) is 26.9. The van der Waals surface area contributed by atoms with E-state index in [-0.39, 0.29) is 11.8 Å². The molecule has 10 heteroatoms. The van der Waals surface area contributed by atoms with Gasteiger partial charge in [0.2, 0.25) is 0 Å². The van der Waals surface area contributed by atoms with Gasteiger partial charge in [0.25, 0.3) is 0 Å². The quantitative estimate of drug-likeness (QED) is 0.348. The number of tetrazole rings is 1. The maximum Gasteiger partial charge on any atom is 0.319 e. The van der Waals surface area contributed by atoms with Crippen LogP contribution in [0.1, 0.15) is 51.0 Å². The Morgan fingerprint density at radius 3 is 2.66 bits per heavy atom. The fourth-order valence-electron chi connectivity index (χ4n) is 5.09. The molecule has 3 N–H and O–H groups in total. The number of carbonyl (C=O) groups excluding carboxylic acids is 1. The molecule has 0 bridgehead atoms. The molecular weight excluding hydrogens is 485 g/mol. The second kappa shape index (κ2) is 13.4. The Hall–Kier alpha value is -3.37. The van der Waals surface area contributed by atoms with Gasteiger partial charge in [0.05, 0.1) is 12.1 Å². The molecule has 38 heavy (non-hydrogen) atoms. The number of nitrogens with zero attached hydrogens (tertiary/aromatic N) is 5. The molecule has 0 aliphatic heterocycles. The van der Waals surface area contributed by atoms with Crippen LogP contribution in [0.2, 0.25) is 0 Å². The molecule has 0 spiro atoms. The van der Waals surface area contributed by atoms with Crippen molar-refractivity contribution in [2.45, 2.75) is 70.1 Å². The van der Waals surface area contributed by atoms with Crippen molar-refractivity contribution in [3.63, 3.8) is 0 Å². The first kappa shape index (κ1) is 27.7. The summed E-state index contributed by atoms with van der Waals surface area (Å²) in [4.78, 5) is 15.1. The second-order valence-electron chi connectivity index (χ2n) is 10.2. The number of anilines is 1. The third-order valence-corrected chi connectivity index (χ3v) is 7.27. The Kier molecular flexibility index (Phi) is 9.78. The largest absolute Gasteiger partial charge is 0.390 e. The van der Waals surface area contributed by atoms with E-state index in [2.05, 4.69) is 31.1 Å². The highest BCUT2D eigenvalue weighted by Crippen LogP contribution is 2.24. The van der Waals surface area contributed by atoms with Gasteiger partial charge in [-0.1, -0.05) is 43.5 Å². The van der Waals surface area contributed by atoms with Crippen molar-refractivity contribution in [3.8, 4) is 11.4 Å². The van der Waals surface area contributed by atoms with Crippen LogP contribution in [0, 0.1) is 5.82 Å². The van der Waals surface area contributed by atoms with Gasteiger partial charge in [-0.15, -0.1) is 5.10 Å². The highest BCUT2D eigenvalue weighted by Gasteiger charge is 2.26. The van der Waals surface area contributed by atoms with Gasteiger partial charge in [0, 0.05) is 30.9 Å². The number of hydrogen-bond donors (Lipinski definition) is 3. The van der Waals surface area contributed by atoms with E-state index in [0.29, 0.717) is 24.1 Å². The van der Waals surface area contributed by atoms with Crippen molar-refractivity contribution in [2.24, 2.45) is 7.05 Å². The maximum absolute atomic E-state index is 13.2. The number of amides is 2. The number of nitrogens with one attached hydrogen (secondary N) is 2. The number of aromatic nitrogens is 4. The smallest absolute Gasteiger partial charge is 0.319 e. The van der Waals surface area contributed by atoms with Crippen LogP contribution in [0.15, 0.2) is 48.5 Å². The van der Waals surface area contributed by atoms with Crippen LogP contribution in [-0.2, 0) is 13.5 Å². The summed E-state index contributed by atoms with van der Waals surface area (Å²) >= 11 is 0. The van der Waals surface area contributed by atoms with E-state index in [1.165, 1.54) is 31.4 Å². The lowest BCUT2D eigenvalue weighted by Gasteiger charge is -2.37. The molecule has 9 nitrogen and oxygen atoms in total. The minimum Gasteiger partial charge on any atom is -0.390 e. The normalized spacial score (nSPS) is 15.8. The summed E-state index contributed by atoms with van der Waals surface area (Å²) in [5.41, 5.74) is 2.50. The predicted octanol–water partition coefficient (Wildman–Crippen LogP) is 4.15. The van der Waals surface area contributed by atoms with E-state index in [0.717, 1.165) is 43.4 Å². The Balaban J connectivity index is 1.30. The molecule has 1 heterocycles. The SMILES string of the molecule is CC(NC(=O)Nc1cccc(-c2nnnn2C)c1)C(O)CN(CCCc1ccc(F)cc1)C1CCCCC1. The first-order chi connectivity index (χ1) is 18.4. The van der Waals surface area contributed by atoms with Crippen LogP contribution in [0.5, 0.6) is 0 Å². The molecule has 1 aromatic heterocycles. The van der Waals surface area contributed by atoms with Gasteiger partial charge < -0.3 is 15.7 Å². The van der Waals surface area contributed by atoms with Crippen LogP contribution >= 0.6 is 0 Å². The topological polar surface area (TPSA) is 108 Å². The van der Waals surface area contributed by atoms with Crippen molar-refractivity contribution < 1.29 is 14.3 Å². The molecule has 2 atom stereocenters. The van der Waals surface area contributed by atoms with Gasteiger partial charge in [0.1, 0.15) is 5.82 Å². The average Bonchev–Trinajstić information content (AvgIpc) is 3.35. The summed E-state index contributed by atoms with van der Waals surface area (Å²) in [7, 11) is 1.75. The predicted molar refractivity (Wildman–Crippen MR) is 145 cm³/mol. The molecule has 0 radical (unpaired) electrons. The van der Waals surface area contributed by atoms with Gasteiger partial charge in [0.15, 0.2) is 5.82 Å².